The van der Waals surface area contributed by atoms with Crippen molar-refractivity contribution in [2.24, 2.45) is 0 Å². The first kappa shape index (κ1) is 21.7. The molecule has 0 aliphatic rings. The maximum atomic E-state index is 14.2. The fourth-order valence-corrected chi connectivity index (χ4v) is 2.68. The lowest BCUT2D eigenvalue weighted by Crippen LogP contribution is -2.11. The lowest BCUT2D eigenvalue weighted by Gasteiger charge is -2.11. The third-order valence-corrected chi connectivity index (χ3v) is 4.27. The monoisotopic (exact) mass is 396 g/mol. The first-order chi connectivity index (χ1) is 13.3. The third-order valence-electron chi connectivity index (χ3n) is 4.27. The van der Waals surface area contributed by atoms with E-state index < -0.39 is 17.6 Å². The van der Waals surface area contributed by atoms with Gasteiger partial charge < -0.3 is 10.6 Å². The van der Waals surface area contributed by atoms with E-state index in [1.165, 1.54) is 24.3 Å². The molecule has 0 heterocycles. The van der Waals surface area contributed by atoms with E-state index in [0.29, 0.717) is 17.7 Å². The van der Waals surface area contributed by atoms with E-state index in [-0.39, 0.29) is 18.1 Å². The van der Waals surface area contributed by atoms with Gasteiger partial charge in [-0.25, -0.2) is 4.39 Å². The van der Waals surface area contributed by atoms with Crippen molar-refractivity contribution in [2.75, 3.05) is 10.6 Å². The van der Waals surface area contributed by atoms with Crippen molar-refractivity contribution in [3.63, 3.8) is 0 Å². The van der Waals surface area contributed by atoms with E-state index >= 15 is 0 Å². The second-order valence-electron chi connectivity index (χ2n) is 6.60. The summed E-state index contributed by atoms with van der Waals surface area (Å²) >= 11 is 0. The first-order valence-electron chi connectivity index (χ1n) is 9.29. The largest absolute Gasteiger partial charge is 0.416 e. The van der Waals surface area contributed by atoms with Crippen LogP contribution in [0.1, 0.15) is 50.2 Å². The molecule has 3 nitrogen and oxygen atoms in total. The van der Waals surface area contributed by atoms with E-state index in [9.17, 15) is 22.4 Å². The summed E-state index contributed by atoms with van der Waals surface area (Å²) in [7, 11) is 0. The summed E-state index contributed by atoms with van der Waals surface area (Å²) < 4.78 is 51.9. The minimum atomic E-state index is -4.38. The Hall–Kier alpha value is -2.57. The molecule has 0 aliphatic carbocycles. The SMILES string of the molecule is CCCCCCC(=O)Nc1ccc(NCc2ccc(C(F)(F)F)cc2)c(F)c1. The molecular formula is C21H24F4N2O. The average molecular weight is 396 g/mol. The fraction of sp³-hybridized carbons (Fsp3) is 0.381. The van der Waals surface area contributed by atoms with Crippen molar-refractivity contribution in [3.8, 4) is 0 Å². The van der Waals surface area contributed by atoms with Crippen molar-refractivity contribution in [1.82, 2.24) is 0 Å². The van der Waals surface area contributed by atoms with Crippen LogP contribution in [0.25, 0.3) is 0 Å². The quantitative estimate of drug-likeness (QED) is 0.382. The van der Waals surface area contributed by atoms with E-state index in [4.69, 9.17) is 0 Å². The topological polar surface area (TPSA) is 41.1 Å². The van der Waals surface area contributed by atoms with Crippen LogP contribution in [0.15, 0.2) is 42.5 Å². The zero-order chi connectivity index (χ0) is 20.6. The highest BCUT2D eigenvalue weighted by Crippen LogP contribution is 2.29. The second kappa shape index (κ2) is 10.1. The summed E-state index contributed by atoms with van der Waals surface area (Å²) in [6, 6.07) is 8.98. The average Bonchev–Trinajstić information content (AvgIpc) is 2.64. The van der Waals surface area contributed by atoms with Gasteiger partial charge in [-0.1, -0.05) is 38.3 Å². The highest BCUT2D eigenvalue weighted by atomic mass is 19.4. The molecule has 0 saturated carbocycles. The summed E-state index contributed by atoms with van der Waals surface area (Å²) in [6.07, 6.45) is -0.0150. The number of anilines is 2. The zero-order valence-corrected chi connectivity index (χ0v) is 15.7. The van der Waals surface area contributed by atoms with Gasteiger partial charge in [0, 0.05) is 18.7 Å². The molecule has 0 aliphatic heterocycles. The smallest absolute Gasteiger partial charge is 0.379 e. The van der Waals surface area contributed by atoms with Crippen molar-refractivity contribution in [3.05, 3.63) is 59.4 Å². The van der Waals surface area contributed by atoms with Gasteiger partial charge in [0.15, 0.2) is 0 Å². The van der Waals surface area contributed by atoms with E-state index in [0.717, 1.165) is 37.8 Å². The van der Waals surface area contributed by atoms with E-state index in [1.807, 2.05) is 0 Å². The molecule has 2 N–H and O–H groups in total. The van der Waals surface area contributed by atoms with Gasteiger partial charge in [-0.15, -0.1) is 0 Å². The normalized spacial score (nSPS) is 11.3. The van der Waals surface area contributed by atoms with Crippen LogP contribution in [0.2, 0.25) is 0 Å². The number of carbonyl (C=O) groups is 1. The van der Waals surface area contributed by atoms with Crippen LogP contribution in [0.4, 0.5) is 28.9 Å². The maximum absolute atomic E-state index is 14.2. The van der Waals surface area contributed by atoms with Crippen LogP contribution in [0.5, 0.6) is 0 Å². The number of halogens is 4. The van der Waals surface area contributed by atoms with Gasteiger partial charge >= 0.3 is 6.18 Å². The van der Waals surface area contributed by atoms with Crippen molar-refractivity contribution in [2.45, 2.75) is 51.7 Å². The summed E-state index contributed by atoms with van der Waals surface area (Å²) in [6.45, 7) is 2.27. The molecular weight excluding hydrogens is 372 g/mol. The molecule has 2 aromatic carbocycles. The van der Waals surface area contributed by atoms with Crippen molar-refractivity contribution in [1.29, 1.82) is 0 Å². The van der Waals surface area contributed by atoms with Crippen LogP contribution in [0.3, 0.4) is 0 Å². The fourth-order valence-electron chi connectivity index (χ4n) is 2.68. The van der Waals surface area contributed by atoms with Crippen LogP contribution in [-0.4, -0.2) is 5.91 Å². The Morgan fingerprint density at radius 3 is 2.32 bits per heavy atom. The third kappa shape index (κ3) is 6.87. The summed E-state index contributed by atoms with van der Waals surface area (Å²) in [5.41, 5.74) is 0.452. The minimum Gasteiger partial charge on any atom is -0.379 e. The van der Waals surface area contributed by atoms with Crippen molar-refractivity contribution < 1.29 is 22.4 Å². The second-order valence-corrected chi connectivity index (χ2v) is 6.60. The molecule has 0 atom stereocenters. The number of hydrogen-bond acceptors (Lipinski definition) is 2. The first-order valence-corrected chi connectivity index (χ1v) is 9.29. The molecule has 0 aromatic heterocycles. The molecule has 0 unspecified atom stereocenters. The molecule has 0 radical (unpaired) electrons. The number of benzene rings is 2. The highest BCUT2D eigenvalue weighted by Gasteiger charge is 2.29. The number of nitrogens with one attached hydrogen (secondary N) is 2. The number of amides is 1. The molecule has 0 saturated heterocycles. The maximum Gasteiger partial charge on any atom is 0.416 e. The molecule has 28 heavy (non-hydrogen) atoms. The van der Waals surface area contributed by atoms with Gasteiger partial charge in [0.25, 0.3) is 0 Å². The van der Waals surface area contributed by atoms with Gasteiger partial charge in [-0.05, 0) is 42.3 Å². The lowest BCUT2D eigenvalue weighted by molar-refractivity contribution is -0.137. The Balaban J connectivity index is 1.87. The van der Waals surface area contributed by atoms with Crippen LogP contribution in [0, 0.1) is 5.82 Å². The number of rotatable bonds is 9. The van der Waals surface area contributed by atoms with Crippen LogP contribution >= 0.6 is 0 Å². The number of unbranched alkanes of at least 4 members (excludes halogenated alkanes) is 3. The molecule has 7 heteroatoms. The molecule has 2 rings (SSSR count). The van der Waals surface area contributed by atoms with Crippen LogP contribution < -0.4 is 10.6 Å². The van der Waals surface area contributed by atoms with Gasteiger partial charge in [-0.3, -0.25) is 4.79 Å². The van der Waals surface area contributed by atoms with Crippen molar-refractivity contribution >= 4 is 17.3 Å². The van der Waals surface area contributed by atoms with E-state index in [1.54, 1.807) is 6.07 Å². The number of carbonyl (C=O) groups excluding carboxylic acids is 1. The summed E-state index contributed by atoms with van der Waals surface area (Å²) in [5, 5.41) is 5.52. The molecule has 2 aromatic rings. The minimum absolute atomic E-state index is 0.152. The van der Waals surface area contributed by atoms with Gasteiger partial charge in [0.05, 0.1) is 11.3 Å². The summed E-state index contributed by atoms with van der Waals surface area (Å²) in [5.74, 6) is -0.698. The van der Waals surface area contributed by atoms with E-state index in [2.05, 4.69) is 17.6 Å². The zero-order valence-electron chi connectivity index (χ0n) is 15.7. The predicted octanol–water partition coefficient (Wildman–Crippen LogP) is 6.37. The lowest BCUT2D eigenvalue weighted by atomic mass is 10.1. The van der Waals surface area contributed by atoms with Gasteiger partial charge in [-0.2, -0.15) is 13.2 Å². The Kier molecular flexibility index (Phi) is 7.84. The standard InChI is InChI=1S/C21H24F4N2O/c1-2-3-4-5-6-20(28)27-17-11-12-19(18(22)13-17)26-14-15-7-9-16(10-8-15)21(23,24)25/h7-13,26H,2-6,14H2,1H3,(H,27,28). The predicted molar refractivity (Wildman–Crippen MR) is 103 cm³/mol. The summed E-state index contributed by atoms with van der Waals surface area (Å²) in [4.78, 5) is 11.9. The number of alkyl halides is 3. The Morgan fingerprint density at radius 1 is 1.00 bits per heavy atom. The van der Waals surface area contributed by atoms with Gasteiger partial charge in [0.1, 0.15) is 5.82 Å². The Bertz CT molecular complexity index is 773. The molecule has 0 bridgehead atoms. The Morgan fingerprint density at radius 2 is 1.71 bits per heavy atom. The van der Waals surface area contributed by atoms with Crippen LogP contribution in [-0.2, 0) is 17.5 Å². The number of hydrogen-bond donors (Lipinski definition) is 2. The Labute approximate surface area is 162 Å². The van der Waals surface area contributed by atoms with Gasteiger partial charge in [0.2, 0.25) is 5.91 Å². The molecule has 152 valence electrons. The highest BCUT2D eigenvalue weighted by molar-refractivity contribution is 5.90. The molecule has 0 fully saturated rings. The molecule has 0 spiro atoms. The molecule has 1 amide bonds.